The van der Waals surface area contributed by atoms with Gasteiger partial charge in [0.25, 0.3) is 5.78 Å². The summed E-state index contributed by atoms with van der Waals surface area (Å²) in [5, 5.41) is 12.3. The van der Waals surface area contributed by atoms with E-state index in [9.17, 15) is 14.7 Å². The Kier molecular flexibility index (Phi) is 6.74. The van der Waals surface area contributed by atoms with Gasteiger partial charge in [0.05, 0.1) is 27.5 Å². The maximum atomic E-state index is 13.9. The third kappa shape index (κ3) is 4.62. The highest BCUT2D eigenvalue weighted by atomic mass is 32.1. The molecule has 1 N–H and O–H groups in total. The molecule has 218 valence electrons. The molecule has 0 bridgehead atoms. The van der Waals surface area contributed by atoms with Crippen molar-refractivity contribution in [2.24, 2.45) is 0 Å². The zero-order chi connectivity index (χ0) is 30.5. The average Bonchev–Trinajstić information content (AvgIpc) is 3.67. The van der Waals surface area contributed by atoms with Crippen LogP contribution in [0.25, 0.3) is 21.6 Å². The Morgan fingerprint density at radius 2 is 1.73 bits per heavy atom. The van der Waals surface area contributed by atoms with Gasteiger partial charge in [0.15, 0.2) is 10.9 Å². The van der Waals surface area contributed by atoms with E-state index in [1.807, 2.05) is 98.8 Å². The zero-order valence-electron chi connectivity index (χ0n) is 24.3. The van der Waals surface area contributed by atoms with Gasteiger partial charge in [-0.2, -0.15) is 0 Å². The number of aryl methyl sites for hydroxylation is 3. The first-order valence-corrected chi connectivity index (χ1v) is 15.0. The molecule has 1 aliphatic rings. The lowest BCUT2D eigenvalue weighted by atomic mass is 9.96. The van der Waals surface area contributed by atoms with Gasteiger partial charge >= 0.3 is 5.91 Å². The number of carbonyl (C=O) groups excluding carboxylic acids is 2. The number of fused-ring (bicyclic) bond motifs is 2. The molecule has 3 aromatic carbocycles. The number of aliphatic hydroxyl groups excluding tert-OH is 1. The van der Waals surface area contributed by atoms with Crippen molar-refractivity contribution in [2.75, 3.05) is 4.90 Å². The number of ketones is 1. The highest BCUT2D eigenvalue weighted by Crippen LogP contribution is 2.45. The standard InChI is InChI=1S/C35H28N4O4S/c1-20-16-21(2)29-26(17-20)44-35(37-29)39-31(24-12-9-13-25(18-24)43-19-23-10-5-4-6-11-23)28(33(41)34(39)42)32(40)30-22(3)36-27-14-7-8-15-38(27)30/h4-18,31,40H,19H2,1-3H3. The number of imidazole rings is 1. The molecule has 9 heteroatoms. The van der Waals surface area contributed by atoms with Crippen molar-refractivity contribution in [3.8, 4) is 5.75 Å². The summed E-state index contributed by atoms with van der Waals surface area (Å²) in [5.74, 6) is -1.28. The van der Waals surface area contributed by atoms with E-state index >= 15 is 0 Å². The number of aromatic nitrogens is 3. The minimum absolute atomic E-state index is 0.0314. The molecule has 4 heterocycles. The number of amides is 1. The molecule has 3 aromatic heterocycles. The van der Waals surface area contributed by atoms with Crippen molar-refractivity contribution >= 4 is 49.8 Å². The fourth-order valence-electron chi connectivity index (χ4n) is 5.85. The van der Waals surface area contributed by atoms with Crippen LogP contribution in [0.15, 0.2) is 96.7 Å². The number of hydrogen-bond acceptors (Lipinski definition) is 7. The number of anilines is 1. The number of aliphatic hydroxyl groups is 1. The summed E-state index contributed by atoms with van der Waals surface area (Å²) in [5.41, 5.74) is 5.92. The summed E-state index contributed by atoms with van der Waals surface area (Å²) < 4.78 is 8.75. The number of nitrogens with zero attached hydrogens (tertiary/aromatic N) is 4. The highest BCUT2D eigenvalue weighted by Gasteiger charge is 2.48. The van der Waals surface area contributed by atoms with E-state index in [1.54, 1.807) is 17.5 Å². The summed E-state index contributed by atoms with van der Waals surface area (Å²) in [4.78, 5) is 38.6. The highest BCUT2D eigenvalue weighted by molar-refractivity contribution is 7.22. The van der Waals surface area contributed by atoms with Crippen molar-refractivity contribution in [1.29, 1.82) is 0 Å². The zero-order valence-corrected chi connectivity index (χ0v) is 25.1. The Hall–Kier alpha value is -5.28. The fraction of sp³-hybridized carbons (Fsp3) is 0.143. The molecular formula is C35H28N4O4S. The van der Waals surface area contributed by atoms with Gasteiger partial charge in [-0.25, -0.2) is 9.97 Å². The Bertz CT molecular complexity index is 2130. The molecular weight excluding hydrogens is 572 g/mol. The Morgan fingerprint density at radius 3 is 2.55 bits per heavy atom. The van der Waals surface area contributed by atoms with Crippen molar-refractivity contribution < 1.29 is 19.4 Å². The number of hydrogen-bond donors (Lipinski definition) is 1. The SMILES string of the molecule is Cc1cc(C)c2nc(N3C(=O)C(=O)C(=C(O)c4c(C)nc5ccccn45)C3c3cccc(OCc4ccccc4)c3)sc2c1. The van der Waals surface area contributed by atoms with Gasteiger partial charge in [-0.1, -0.05) is 65.9 Å². The molecule has 0 radical (unpaired) electrons. The van der Waals surface area contributed by atoms with Gasteiger partial charge in [-0.15, -0.1) is 0 Å². The predicted molar refractivity (Wildman–Crippen MR) is 171 cm³/mol. The first-order chi connectivity index (χ1) is 21.3. The third-order valence-corrected chi connectivity index (χ3v) is 8.82. The van der Waals surface area contributed by atoms with E-state index in [0.717, 1.165) is 26.9 Å². The van der Waals surface area contributed by atoms with Gasteiger partial charge in [0, 0.05) is 6.20 Å². The van der Waals surface area contributed by atoms with E-state index < -0.39 is 17.7 Å². The van der Waals surface area contributed by atoms with E-state index in [0.29, 0.717) is 40.1 Å². The van der Waals surface area contributed by atoms with Crippen LogP contribution in [0.5, 0.6) is 5.75 Å². The van der Waals surface area contributed by atoms with Crippen LogP contribution in [0.3, 0.4) is 0 Å². The number of thiazole rings is 1. The first-order valence-electron chi connectivity index (χ1n) is 14.2. The molecule has 8 nitrogen and oxygen atoms in total. The molecule has 7 rings (SSSR count). The second kappa shape index (κ2) is 10.8. The summed E-state index contributed by atoms with van der Waals surface area (Å²) in [6.07, 6.45) is 1.77. The number of carbonyl (C=O) groups is 2. The van der Waals surface area contributed by atoms with Crippen LogP contribution in [-0.4, -0.2) is 31.2 Å². The van der Waals surface area contributed by atoms with Crippen molar-refractivity contribution in [3.63, 3.8) is 0 Å². The summed E-state index contributed by atoms with van der Waals surface area (Å²) in [7, 11) is 0. The molecule has 1 unspecified atom stereocenters. The average molecular weight is 601 g/mol. The lowest BCUT2D eigenvalue weighted by Crippen LogP contribution is -2.29. The second-order valence-electron chi connectivity index (χ2n) is 10.9. The lowest BCUT2D eigenvalue weighted by Gasteiger charge is -2.23. The van der Waals surface area contributed by atoms with E-state index in [4.69, 9.17) is 9.72 Å². The summed E-state index contributed by atoms with van der Waals surface area (Å²) in [6, 6.07) is 25.7. The molecule has 1 amide bonds. The molecule has 0 spiro atoms. The second-order valence-corrected chi connectivity index (χ2v) is 11.9. The van der Waals surface area contributed by atoms with Crippen LogP contribution in [0, 0.1) is 20.8 Å². The monoisotopic (exact) mass is 600 g/mol. The van der Waals surface area contributed by atoms with Crippen molar-refractivity contribution in [3.05, 3.63) is 130 Å². The van der Waals surface area contributed by atoms with Crippen LogP contribution in [0.2, 0.25) is 0 Å². The summed E-state index contributed by atoms with van der Waals surface area (Å²) >= 11 is 1.34. The maximum absolute atomic E-state index is 13.9. The molecule has 1 aliphatic heterocycles. The Balaban J connectivity index is 1.41. The minimum Gasteiger partial charge on any atom is -0.505 e. The molecule has 0 aliphatic carbocycles. The number of rotatable bonds is 6. The van der Waals surface area contributed by atoms with Crippen molar-refractivity contribution in [1.82, 2.24) is 14.4 Å². The molecule has 1 fully saturated rings. The fourth-order valence-corrected chi connectivity index (χ4v) is 7.02. The quantitative estimate of drug-likeness (QED) is 0.125. The van der Waals surface area contributed by atoms with Gasteiger partial charge in [0.2, 0.25) is 0 Å². The number of ether oxygens (including phenoxy) is 1. The minimum atomic E-state index is -0.953. The first kappa shape index (κ1) is 27.5. The van der Waals surface area contributed by atoms with Crippen LogP contribution in [0.1, 0.15) is 39.7 Å². The van der Waals surface area contributed by atoms with Gasteiger partial charge in [-0.3, -0.25) is 18.9 Å². The molecule has 0 saturated carbocycles. The van der Waals surface area contributed by atoms with Crippen LogP contribution in [0.4, 0.5) is 5.13 Å². The normalized spacial score (nSPS) is 16.3. The number of pyridine rings is 1. The number of benzene rings is 3. The smallest absolute Gasteiger partial charge is 0.301 e. The molecule has 1 saturated heterocycles. The van der Waals surface area contributed by atoms with Gasteiger partial charge < -0.3 is 9.84 Å². The number of Topliss-reactive ketones (excluding diaryl/α,β-unsaturated/α-hetero) is 1. The Labute approximate surface area is 257 Å². The van der Waals surface area contributed by atoms with E-state index in [2.05, 4.69) is 4.98 Å². The Morgan fingerprint density at radius 1 is 0.932 bits per heavy atom. The van der Waals surface area contributed by atoms with Gasteiger partial charge in [-0.05, 0) is 73.4 Å². The van der Waals surface area contributed by atoms with Crippen molar-refractivity contribution in [2.45, 2.75) is 33.4 Å². The van der Waals surface area contributed by atoms with Crippen LogP contribution in [-0.2, 0) is 16.2 Å². The molecule has 6 aromatic rings. The van der Waals surface area contributed by atoms with Gasteiger partial charge in [0.1, 0.15) is 23.7 Å². The lowest BCUT2D eigenvalue weighted by molar-refractivity contribution is -0.132. The maximum Gasteiger partial charge on any atom is 0.301 e. The van der Waals surface area contributed by atoms with E-state index in [-0.39, 0.29) is 11.3 Å². The molecule has 44 heavy (non-hydrogen) atoms. The predicted octanol–water partition coefficient (Wildman–Crippen LogP) is 7.07. The van der Waals surface area contributed by atoms with Crippen LogP contribution < -0.4 is 9.64 Å². The largest absolute Gasteiger partial charge is 0.505 e. The van der Waals surface area contributed by atoms with Crippen LogP contribution >= 0.6 is 11.3 Å². The van der Waals surface area contributed by atoms with E-state index in [1.165, 1.54) is 16.2 Å². The third-order valence-electron chi connectivity index (χ3n) is 7.82. The molecule has 1 atom stereocenters. The summed E-state index contributed by atoms with van der Waals surface area (Å²) in [6.45, 7) is 6.11. The topological polar surface area (TPSA) is 97.0 Å².